The summed E-state index contributed by atoms with van der Waals surface area (Å²) in [5, 5.41) is 13.1. The number of nitrogens with one attached hydrogen (secondary N) is 1. The van der Waals surface area contributed by atoms with E-state index in [1.54, 1.807) is 30.3 Å². The minimum Gasteiger partial charge on any atom is -0.497 e. The average Bonchev–Trinajstić information content (AvgIpc) is 2.91. The summed E-state index contributed by atoms with van der Waals surface area (Å²) in [5.74, 6) is -2.01. The zero-order chi connectivity index (χ0) is 27.2. The number of methoxy groups -OCH3 is 1. The Bertz CT molecular complexity index is 1510. The number of benzene rings is 3. The van der Waals surface area contributed by atoms with Gasteiger partial charge >= 0.3 is 12.0 Å². The number of carbonyl (C=O) groups is 4. The van der Waals surface area contributed by atoms with Gasteiger partial charge in [-0.05, 0) is 48.0 Å². The normalized spacial score (nSPS) is 14.5. The number of barbiturate groups is 1. The van der Waals surface area contributed by atoms with Gasteiger partial charge in [0, 0.05) is 23.8 Å². The molecule has 11 nitrogen and oxygen atoms in total. The molecule has 3 aromatic rings. The molecular weight excluding hydrogens is 494 g/mol. The van der Waals surface area contributed by atoms with Gasteiger partial charge in [-0.25, -0.2) is 14.5 Å². The molecule has 0 aliphatic carbocycles. The van der Waals surface area contributed by atoms with Crippen LogP contribution in [0.2, 0.25) is 0 Å². The van der Waals surface area contributed by atoms with E-state index >= 15 is 0 Å². The predicted octanol–water partition coefficient (Wildman–Crippen LogP) is 3.89. The molecule has 4 amide bonds. The second-order valence-electron chi connectivity index (χ2n) is 7.80. The van der Waals surface area contributed by atoms with Crippen LogP contribution in [0.25, 0.3) is 12.2 Å². The Morgan fingerprint density at radius 2 is 1.74 bits per heavy atom. The zero-order valence-corrected chi connectivity index (χ0v) is 19.8. The molecule has 1 fully saturated rings. The fraction of sp³-hybridized carbons (Fsp3) is 0.0370. The van der Waals surface area contributed by atoms with Gasteiger partial charge in [-0.3, -0.25) is 25.0 Å². The Balaban J connectivity index is 1.58. The van der Waals surface area contributed by atoms with Crippen LogP contribution < -0.4 is 19.7 Å². The van der Waals surface area contributed by atoms with Gasteiger partial charge in [0.2, 0.25) is 0 Å². The molecule has 1 heterocycles. The standard InChI is InChI=1S/C27H19N3O8/c1-37-21-12-10-19(11-13-21)29-26(33)22(25(32)28-27(29)34)16-18-6-2-3-8-23(18)38-24(31)14-9-17-5-4-7-20(15-17)30(35)36/h2-16H,1H3,(H,28,32,34)/b14-9+,22-16-. The Morgan fingerprint density at radius 3 is 2.45 bits per heavy atom. The molecule has 3 aromatic carbocycles. The van der Waals surface area contributed by atoms with E-state index in [1.807, 2.05) is 0 Å². The molecular formula is C27H19N3O8. The van der Waals surface area contributed by atoms with Crippen LogP contribution in [0.3, 0.4) is 0 Å². The third-order valence-electron chi connectivity index (χ3n) is 5.35. The van der Waals surface area contributed by atoms with E-state index in [2.05, 4.69) is 5.32 Å². The van der Waals surface area contributed by atoms with Crippen molar-refractivity contribution in [2.24, 2.45) is 0 Å². The molecule has 0 unspecified atom stereocenters. The van der Waals surface area contributed by atoms with Crippen molar-refractivity contribution < 1.29 is 33.6 Å². The third-order valence-corrected chi connectivity index (χ3v) is 5.35. The number of urea groups is 1. The zero-order valence-electron chi connectivity index (χ0n) is 19.8. The van der Waals surface area contributed by atoms with E-state index in [9.17, 15) is 29.3 Å². The molecule has 0 radical (unpaired) electrons. The van der Waals surface area contributed by atoms with Crippen molar-refractivity contribution in [1.82, 2.24) is 5.32 Å². The minimum atomic E-state index is -0.909. The Hall–Kier alpha value is -5.58. The molecule has 0 saturated carbocycles. The van der Waals surface area contributed by atoms with E-state index in [0.29, 0.717) is 11.3 Å². The SMILES string of the molecule is COc1ccc(N2C(=O)NC(=O)/C(=C/c3ccccc3OC(=O)/C=C/c3cccc([N+](=O)[O-])c3)C2=O)cc1. The number of carbonyl (C=O) groups excluding carboxylic acids is 4. The van der Waals surface area contributed by atoms with Crippen molar-refractivity contribution in [1.29, 1.82) is 0 Å². The maximum absolute atomic E-state index is 13.2. The van der Waals surface area contributed by atoms with Gasteiger partial charge in [-0.2, -0.15) is 0 Å². The summed E-state index contributed by atoms with van der Waals surface area (Å²) in [6.07, 6.45) is 3.66. The van der Waals surface area contributed by atoms with Crippen LogP contribution in [0.5, 0.6) is 11.5 Å². The average molecular weight is 513 g/mol. The van der Waals surface area contributed by atoms with Gasteiger partial charge in [0.1, 0.15) is 17.1 Å². The summed E-state index contributed by atoms with van der Waals surface area (Å²) in [6, 6.07) is 17.1. The summed E-state index contributed by atoms with van der Waals surface area (Å²) in [5.41, 5.74) is 0.385. The third kappa shape index (κ3) is 5.62. The number of nitro benzene ring substituents is 1. The van der Waals surface area contributed by atoms with Crippen LogP contribution in [-0.4, -0.2) is 35.8 Å². The number of hydrogen-bond donors (Lipinski definition) is 1. The van der Waals surface area contributed by atoms with Crippen molar-refractivity contribution in [3.05, 3.63) is 106 Å². The minimum absolute atomic E-state index is 0.0437. The second-order valence-corrected chi connectivity index (χ2v) is 7.80. The maximum atomic E-state index is 13.2. The summed E-state index contributed by atoms with van der Waals surface area (Å²) < 4.78 is 10.5. The molecule has 4 rings (SSSR count). The van der Waals surface area contributed by atoms with Gasteiger partial charge in [0.25, 0.3) is 17.5 Å². The highest BCUT2D eigenvalue weighted by Crippen LogP contribution is 2.27. The number of esters is 1. The fourth-order valence-corrected chi connectivity index (χ4v) is 3.52. The molecule has 38 heavy (non-hydrogen) atoms. The van der Waals surface area contributed by atoms with Crippen molar-refractivity contribution in [3.63, 3.8) is 0 Å². The first-order valence-corrected chi connectivity index (χ1v) is 11.1. The molecule has 190 valence electrons. The monoisotopic (exact) mass is 513 g/mol. The quantitative estimate of drug-likeness (QED) is 0.125. The first kappa shape index (κ1) is 25.5. The summed E-state index contributed by atoms with van der Waals surface area (Å²) in [4.78, 5) is 61.7. The summed E-state index contributed by atoms with van der Waals surface area (Å²) in [7, 11) is 1.47. The predicted molar refractivity (Wildman–Crippen MR) is 136 cm³/mol. The molecule has 0 aromatic heterocycles. The van der Waals surface area contributed by atoms with Gasteiger partial charge in [0.15, 0.2) is 0 Å². The number of hydrogen-bond acceptors (Lipinski definition) is 8. The lowest BCUT2D eigenvalue weighted by atomic mass is 10.1. The lowest BCUT2D eigenvalue weighted by molar-refractivity contribution is -0.384. The Labute approximate surface area is 215 Å². The number of non-ortho nitro benzene ring substituents is 1. The number of para-hydroxylation sites is 1. The molecule has 1 aliphatic rings. The van der Waals surface area contributed by atoms with Crippen molar-refractivity contribution in [2.45, 2.75) is 0 Å². The van der Waals surface area contributed by atoms with Gasteiger partial charge in [-0.1, -0.05) is 30.3 Å². The highest BCUT2D eigenvalue weighted by molar-refractivity contribution is 6.39. The smallest absolute Gasteiger partial charge is 0.336 e. The summed E-state index contributed by atoms with van der Waals surface area (Å²) in [6.45, 7) is 0. The molecule has 11 heteroatoms. The Kier molecular flexibility index (Phi) is 7.38. The highest BCUT2D eigenvalue weighted by Gasteiger charge is 2.37. The number of nitrogens with zero attached hydrogens (tertiary/aromatic N) is 2. The number of rotatable bonds is 7. The molecule has 1 saturated heterocycles. The first-order chi connectivity index (χ1) is 18.3. The van der Waals surface area contributed by atoms with Crippen LogP contribution in [0.4, 0.5) is 16.2 Å². The lowest BCUT2D eigenvalue weighted by Gasteiger charge is -2.26. The van der Waals surface area contributed by atoms with E-state index in [0.717, 1.165) is 11.0 Å². The van der Waals surface area contributed by atoms with Gasteiger partial charge in [0.05, 0.1) is 17.7 Å². The lowest BCUT2D eigenvalue weighted by Crippen LogP contribution is -2.54. The second kappa shape index (κ2) is 11.0. The molecule has 1 N–H and O–H groups in total. The van der Waals surface area contributed by atoms with E-state index in [1.165, 1.54) is 61.7 Å². The maximum Gasteiger partial charge on any atom is 0.336 e. The number of ether oxygens (including phenoxy) is 2. The van der Waals surface area contributed by atoms with Crippen LogP contribution in [-0.2, 0) is 14.4 Å². The largest absolute Gasteiger partial charge is 0.497 e. The number of nitro groups is 1. The molecule has 0 bridgehead atoms. The van der Waals surface area contributed by atoms with Crippen molar-refractivity contribution >= 4 is 47.3 Å². The van der Waals surface area contributed by atoms with Crippen LogP contribution in [0.15, 0.2) is 84.4 Å². The highest BCUT2D eigenvalue weighted by atomic mass is 16.6. The number of amides is 4. The van der Waals surface area contributed by atoms with Gasteiger partial charge < -0.3 is 9.47 Å². The van der Waals surface area contributed by atoms with Crippen LogP contribution >= 0.6 is 0 Å². The molecule has 0 atom stereocenters. The van der Waals surface area contributed by atoms with Crippen LogP contribution in [0.1, 0.15) is 11.1 Å². The van der Waals surface area contributed by atoms with Gasteiger partial charge in [-0.15, -0.1) is 0 Å². The first-order valence-electron chi connectivity index (χ1n) is 11.1. The van der Waals surface area contributed by atoms with E-state index < -0.39 is 28.7 Å². The summed E-state index contributed by atoms with van der Waals surface area (Å²) >= 11 is 0. The van der Waals surface area contributed by atoms with E-state index in [-0.39, 0.29) is 28.3 Å². The Morgan fingerprint density at radius 1 is 1.00 bits per heavy atom. The number of anilines is 1. The molecule has 0 spiro atoms. The van der Waals surface area contributed by atoms with Crippen molar-refractivity contribution in [3.8, 4) is 11.5 Å². The molecule has 1 aliphatic heterocycles. The topological polar surface area (TPSA) is 145 Å². The van der Waals surface area contributed by atoms with E-state index in [4.69, 9.17) is 9.47 Å². The van der Waals surface area contributed by atoms with Crippen LogP contribution in [0, 0.1) is 10.1 Å². The number of imide groups is 2. The fourth-order valence-electron chi connectivity index (χ4n) is 3.52. The van der Waals surface area contributed by atoms with Crippen molar-refractivity contribution in [2.75, 3.05) is 12.0 Å².